The smallest absolute Gasteiger partial charge is 0.261 e. The molecule has 0 spiro atoms. The molecule has 400 valence electrons. The third-order valence-corrected chi connectivity index (χ3v) is 14.1. The SMILES string of the molecule is N[C@@H](Cc1ccc(O)cc1)C(=O)N[C@@H]1CSCc2cccc(c2)CSC[C@@H](NC(=O)[C@@H](N)Cc2ccc(O)cc2)C(=O)NCC(=O)N[C@@H](Cc2ccccc2)C(=O)NNC(=O)[C@H](Cc2ccccc2)NC(=O)CNC1=O. The lowest BCUT2D eigenvalue weighted by Gasteiger charge is -2.23. The number of hydrogen-bond acceptors (Lipinski definition) is 14. The molecule has 1 aliphatic rings. The van der Waals surface area contributed by atoms with E-state index in [0.717, 1.165) is 11.1 Å². The Morgan fingerprint density at radius 3 is 1.28 bits per heavy atom. The number of phenols is 2. The Hall–Kier alpha value is -7.92. The number of phenolic OH excluding ortho intramolecular Hbond substituents is 2. The quantitative estimate of drug-likeness (QED) is 0.0812. The summed E-state index contributed by atoms with van der Waals surface area (Å²) in [5.41, 5.74) is 21.6. The Labute approximate surface area is 448 Å². The summed E-state index contributed by atoms with van der Waals surface area (Å²) in [6, 6.07) is 30.3. The van der Waals surface area contributed by atoms with Crippen LogP contribution in [0.2, 0.25) is 0 Å². The zero-order chi connectivity index (χ0) is 54.4. The van der Waals surface area contributed by atoms with E-state index in [9.17, 15) is 48.6 Å². The zero-order valence-electron chi connectivity index (χ0n) is 41.4. The molecule has 6 atom stereocenters. The second kappa shape index (κ2) is 29.2. The van der Waals surface area contributed by atoms with Crippen LogP contribution in [0.5, 0.6) is 11.5 Å². The average molecular weight is 1080 g/mol. The number of carbonyl (C=O) groups excluding carboxylic acids is 8. The van der Waals surface area contributed by atoms with Crippen LogP contribution in [-0.4, -0.2) is 118 Å². The van der Waals surface area contributed by atoms with Gasteiger partial charge in [0.15, 0.2) is 0 Å². The van der Waals surface area contributed by atoms with Gasteiger partial charge in [-0.25, -0.2) is 0 Å². The maximum atomic E-state index is 13.9. The van der Waals surface area contributed by atoms with Crippen LogP contribution in [0.4, 0.5) is 0 Å². The van der Waals surface area contributed by atoms with Gasteiger partial charge >= 0.3 is 0 Å². The summed E-state index contributed by atoms with van der Waals surface area (Å²) in [5, 5.41) is 35.2. The van der Waals surface area contributed by atoms with Crippen molar-refractivity contribution in [1.29, 1.82) is 0 Å². The second-order valence-electron chi connectivity index (χ2n) is 18.0. The van der Waals surface area contributed by atoms with Gasteiger partial charge in [-0.1, -0.05) is 109 Å². The molecule has 0 radical (unpaired) electrons. The van der Waals surface area contributed by atoms with Crippen molar-refractivity contribution in [3.05, 3.63) is 167 Å². The molecule has 20 nitrogen and oxygen atoms in total. The molecule has 0 saturated heterocycles. The highest BCUT2D eigenvalue weighted by molar-refractivity contribution is 7.98. The summed E-state index contributed by atoms with van der Waals surface area (Å²) < 4.78 is 0. The lowest BCUT2D eigenvalue weighted by atomic mass is 10.0. The summed E-state index contributed by atoms with van der Waals surface area (Å²) in [5.74, 6) is -4.92. The van der Waals surface area contributed by atoms with Gasteiger partial charge in [0.1, 0.15) is 35.7 Å². The molecular formula is C54H62N10O10S2. The molecule has 0 fully saturated rings. The number of aromatic hydroxyl groups is 2. The minimum atomic E-state index is -1.29. The molecule has 2 bridgehead atoms. The zero-order valence-corrected chi connectivity index (χ0v) is 43.0. The van der Waals surface area contributed by atoms with Gasteiger partial charge in [0.05, 0.1) is 25.2 Å². The van der Waals surface area contributed by atoms with Crippen LogP contribution in [0.1, 0.15) is 33.4 Å². The molecule has 0 unspecified atom stereocenters. The first-order valence-electron chi connectivity index (χ1n) is 24.3. The molecule has 5 aromatic carbocycles. The molecule has 14 N–H and O–H groups in total. The van der Waals surface area contributed by atoms with Crippen LogP contribution in [-0.2, 0) is 75.5 Å². The van der Waals surface area contributed by atoms with E-state index in [0.29, 0.717) is 33.8 Å². The fourth-order valence-corrected chi connectivity index (χ4v) is 9.77. The molecule has 5 aromatic rings. The summed E-state index contributed by atoms with van der Waals surface area (Å²) in [7, 11) is 0. The van der Waals surface area contributed by atoms with Crippen LogP contribution in [0.25, 0.3) is 0 Å². The van der Waals surface area contributed by atoms with E-state index in [1.807, 2.05) is 24.3 Å². The largest absolute Gasteiger partial charge is 0.508 e. The molecule has 22 heteroatoms. The van der Waals surface area contributed by atoms with Crippen molar-refractivity contribution in [1.82, 2.24) is 42.8 Å². The van der Waals surface area contributed by atoms with Gasteiger partial charge < -0.3 is 53.6 Å². The Morgan fingerprint density at radius 1 is 0.513 bits per heavy atom. The summed E-state index contributed by atoms with van der Waals surface area (Å²) in [4.78, 5) is 109. The van der Waals surface area contributed by atoms with Crippen LogP contribution in [0, 0.1) is 0 Å². The molecule has 1 aliphatic heterocycles. The molecule has 8 amide bonds. The molecule has 76 heavy (non-hydrogen) atoms. The van der Waals surface area contributed by atoms with Gasteiger partial charge in [-0.05, 0) is 70.5 Å². The first-order chi connectivity index (χ1) is 36.6. The van der Waals surface area contributed by atoms with Crippen molar-refractivity contribution in [3.63, 3.8) is 0 Å². The minimum absolute atomic E-state index is 0.0359. The fourth-order valence-electron chi connectivity index (χ4n) is 7.77. The van der Waals surface area contributed by atoms with Crippen molar-refractivity contribution >= 4 is 70.8 Å². The molecule has 0 aliphatic carbocycles. The highest BCUT2D eigenvalue weighted by atomic mass is 32.2. The Kier molecular flexibility index (Phi) is 22.1. The van der Waals surface area contributed by atoms with Crippen LogP contribution in [0.3, 0.4) is 0 Å². The number of hydrogen-bond donors (Lipinski definition) is 12. The molecule has 0 saturated carbocycles. The topological polar surface area (TPSA) is 325 Å². The van der Waals surface area contributed by atoms with Crippen LogP contribution >= 0.6 is 23.5 Å². The minimum Gasteiger partial charge on any atom is -0.508 e. The van der Waals surface area contributed by atoms with Gasteiger partial charge in [-0.3, -0.25) is 49.2 Å². The Morgan fingerprint density at radius 2 is 0.895 bits per heavy atom. The number of carbonyl (C=O) groups is 8. The van der Waals surface area contributed by atoms with Crippen molar-refractivity contribution in [2.24, 2.45) is 11.5 Å². The van der Waals surface area contributed by atoms with Crippen LogP contribution in [0.15, 0.2) is 133 Å². The van der Waals surface area contributed by atoms with E-state index < -0.39 is 96.6 Å². The number of thioether (sulfide) groups is 2. The van der Waals surface area contributed by atoms with E-state index in [2.05, 4.69) is 42.8 Å². The van der Waals surface area contributed by atoms with Crippen molar-refractivity contribution < 1.29 is 48.6 Å². The number of nitrogens with two attached hydrogens (primary N) is 2. The van der Waals surface area contributed by atoms with Crippen molar-refractivity contribution in [2.75, 3.05) is 24.6 Å². The second-order valence-corrected chi connectivity index (χ2v) is 20.0. The lowest BCUT2D eigenvalue weighted by molar-refractivity contribution is -0.134. The maximum Gasteiger partial charge on any atom is 0.261 e. The first kappa shape index (κ1) is 57.4. The Balaban J connectivity index is 1.24. The number of amides is 8. The highest BCUT2D eigenvalue weighted by Crippen LogP contribution is 2.20. The fraction of sp³-hybridized carbons (Fsp3) is 0.296. The van der Waals surface area contributed by atoms with E-state index in [4.69, 9.17) is 11.5 Å². The number of hydrazine groups is 1. The van der Waals surface area contributed by atoms with E-state index in [1.54, 1.807) is 84.9 Å². The monoisotopic (exact) mass is 1070 g/mol. The van der Waals surface area contributed by atoms with E-state index >= 15 is 0 Å². The van der Waals surface area contributed by atoms with Gasteiger partial charge in [-0.15, -0.1) is 0 Å². The van der Waals surface area contributed by atoms with Crippen molar-refractivity contribution in [2.45, 2.75) is 73.4 Å². The van der Waals surface area contributed by atoms with E-state index in [-0.39, 0.29) is 48.7 Å². The van der Waals surface area contributed by atoms with Crippen molar-refractivity contribution in [3.8, 4) is 11.5 Å². The van der Waals surface area contributed by atoms with Gasteiger partial charge in [0.25, 0.3) is 11.8 Å². The number of fused-ring (bicyclic) bond motifs is 2. The normalized spacial score (nSPS) is 19.6. The third kappa shape index (κ3) is 19.1. The predicted octanol–water partition coefficient (Wildman–Crippen LogP) is 0.522. The number of rotatable bonds is 12. The van der Waals surface area contributed by atoms with Gasteiger partial charge in [-0.2, -0.15) is 23.5 Å². The molecule has 1 heterocycles. The Bertz CT molecular complexity index is 2590. The summed E-state index contributed by atoms with van der Waals surface area (Å²) >= 11 is 2.66. The third-order valence-electron chi connectivity index (χ3n) is 11.8. The standard InChI is InChI=1S/C54H62N10O10S2/c55-41(23-35-14-18-39(65)19-15-35)49(69)61-45-31-75-29-37-12-7-13-38(22-37)30-76-32-46(62-50(70)42(56)24-36-16-20-40(66)21-17-36)52(72)58-28-48(68)60-44(26-34-10-5-2-6-11-34)54(74)64-63-53(73)43(25-33-8-3-1-4-9-33)59-47(67)27-57-51(45)71/h1-22,41-46,65-66H,23-32,55-56H2,(H,57,71)(H,58,72)(H,59,67)(H,60,68)(H,61,69)(H,62,70)(H,63,73)(H,64,74)/t41-,42-,43-,44-,45+,46+/m0/s1. The molecule has 6 rings (SSSR count). The van der Waals surface area contributed by atoms with Gasteiger partial charge in [0, 0.05) is 35.9 Å². The summed E-state index contributed by atoms with van der Waals surface area (Å²) in [6.45, 7) is -1.20. The molecular weight excluding hydrogens is 1010 g/mol. The van der Waals surface area contributed by atoms with Gasteiger partial charge in [0.2, 0.25) is 35.4 Å². The number of nitrogens with one attached hydrogen (secondary N) is 8. The maximum absolute atomic E-state index is 13.9. The molecule has 0 aromatic heterocycles. The van der Waals surface area contributed by atoms with E-state index in [1.165, 1.54) is 47.8 Å². The highest BCUT2D eigenvalue weighted by Gasteiger charge is 2.29. The lowest BCUT2D eigenvalue weighted by Crippen LogP contribution is -2.59. The first-order valence-corrected chi connectivity index (χ1v) is 26.6. The number of benzene rings is 5. The summed E-state index contributed by atoms with van der Waals surface area (Å²) in [6.07, 6.45) is 0.124. The predicted molar refractivity (Wildman–Crippen MR) is 289 cm³/mol. The average Bonchev–Trinajstić information content (AvgIpc) is 3.41. The van der Waals surface area contributed by atoms with Crippen LogP contribution < -0.4 is 54.2 Å².